The molecular weight excluding hydrogens is 630 g/mol. The van der Waals surface area contributed by atoms with Crippen molar-refractivity contribution in [3.05, 3.63) is 77.3 Å². The van der Waals surface area contributed by atoms with Crippen LogP contribution in [0.2, 0.25) is 5.02 Å². The minimum Gasteiger partial charge on any atom is -0.494 e. The lowest BCUT2D eigenvalue weighted by Crippen LogP contribution is -2.53. The van der Waals surface area contributed by atoms with Gasteiger partial charge in [-0.3, -0.25) is 13.9 Å². The molecule has 3 aromatic rings. The molecule has 0 aliphatic heterocycles. The van der Waals surface area contributed by atoms with E-state index < -0.39 is 28.5 Å². The molecule has 1 unspecified atom stereocenters. The smallest absolute Gasteiger partial charge is 0.264 e. The summed E-state index contributed by atoms with van der Waals surface area (Å²) in [5.41, 5.74) is 0.882. The van der Waals surface area contributed by atoms with Gasteiger partial charge in [0.05, 0.1) is 31.4 Å². The van der Waals surface area contributed by atoms with Crippen LogP contribution in [0.15, 0.2) is 71.6 Å². The van der Waals surface area contributed by atoms with Gasteiger partial charge < -0.3 is 24.4 Å². The van der Waals surface area contributed by atoms with Crippen molar-refractivity contribution in [1.82, 2.24) is 10.2 Å². The number of nitrogens with one attached hydrogen (secondary N) is 1. The highest BCUT2D eigenvalue weighted by Gasteiger charge is 2.35. The fourth-order valence-electron chi connectivity index (χ4n) is 5.61. The highest BCUT2D eigenvalue weighted by molar-refractivity contribution is 7.92. The van der Waals surface area contributed by atoms with E-state index in [0.717, 1.165) is 30.0 Å². The molecule has 2 amide bonds. The van der Waals surface area contributed by atoms with E-state index in [0.29, 0.717) is 35.1 Å². The number of amides is 2. The second-order valence-electron chi connectivity index (χ2n) is 11.0. The number of nitrogens with zero attached hydrogens (tertiary/aromatic N) is 2. The monoisotopic (exact) mass is 671 g/mol. The molecule has 1 saturated carbocycles. The van der Waals surface area contributed by atoms with Gasteiger partial charge in [0, 0.05) is 23.7 Å². The molecule has 1 fully saturated rings. The molecule has 4 rings (SSSR count). The lowest BCUT2D eigenvalue weighted by Gasteiger charge is -2.34. The summed E-state index contributed by atoms with van der Waals surface area (Å²) in [6.07, 6.45) is 4.16. The van der Waals surface area contributed by atoms with E-state index in [1.165, 1.54) is 37.3 Å². The highest BCUT2D eigenvalue weighted by Crippen LogP contribution is 2.33. The third-order valence-corrected chi connectivity index (χ3v) is 10.2. The summed E-state index contributed by atoms with van der Waals surface area (Å²) in [6.45, 7) is 3.55. The average molecular weight is 672 g/mol. The second kappa shape index (κ2) is 16.0. The number of carbonyl (C=O) groups is 2. The van der Waals surface area contributed by atoms with Crippen LogP contribution in [0.4, 0.5) is 5.69 Å². The van der Waals surface area contributed by atoms with Gasteiger partial charge in [0.1, 0.15) is 18.3 Å². The number of halogens is 1. The number of rotatable bonds is 15. The van der Waals surface area contributed by atoms with Gasteiger partial charge in [-0.05, 0) is 74.2 Å². The number of methoxy groups -OCH3 is 2. The maximum Gasteiger partial charge on any atom is 0.264 e. The minimum absolute atomic E-state index is 0.0165. The van der Waals surface area contributed by atoms with Crippen molar-refractivity contribution < 1.29 is 32.2 Å². The summed E-state index contributed by atoms with van der Waals surface area (Å²) < 4.78 is 45.9. The summed E-state index contributed by atoms with van der Waals surface area (Å²) >= 11 is 6.51. The van der Waals surface area contributed by atoms with Crippen LogP contribution >= 0.6 is 11.6 Å². The zero-order valence-corrected chi connectivity index (χ0v) is 28.3. The predicted molar refractivity (Wildman–Crippen MR) is 178 cm³/mol. The molecule has 0 bridgehead atoms. The molecule has 0 saturated heterocycles. The van der Waals surface area contributed by atoms with E-state index >= 15 is 0 Å². The Morgan fingerprint density at radius 1 is 0.957 bits per heavy atom. The van der Waals surface area contributed by atoms with E-state index in [9.17, 15) is 18.0 Å². The molecule has 10 nitrogen and oxygen atoms in total. The Balaban J connectivity index is 1.76. The van der Waals surface area contributed by atoms with Gasteiger partial charge in [0.25, 0.3) is 10.0 Å². The molecule has 0 heterocycles. The van der Waals surface area contributed by atoms with E-state index in [-0.39, 0.29) is 34.8 Å². The third kappa shape index (κ3) is 8.24. The summed E-state index contributed by atoms with van der Waals surface area (Å²) in [6, 6.07) is 17.0. The van der Waals surface area contributed by atoms with Gasteiger partial charge in [-0.2, -0.15) is 0 Å². The van der Waals surface area contributed by atoms with E-state index in [1.54, 1.807) is 48.5 Å². The van der Waals surface area contributed by atoms with Crippen molar-refractivity contribution in [1.29, 1.82) is 0 Å². The van der Waals surface area contributed by atoms with Crippen molar-refractivity contribution in [2.45, 2.75) is 69.5 Å². The Hall–Kier alpha value is -3.96. The van der Waals surface area contributed by atoms with E-state index in [4.69, 9.17) is 25.8 Å². The number of anilines is 1. The van der Waals surface area contributed by atoms with Gasteiger partial charge in [-0.25, -0.2) is 8.42 Å². The molecule has 1 N–H and O–H groups in total. The molecule has 0 spiro atoms. The highest BCUT2D eigenvalue weighted by atomic mass is 35.5. The van der Waals surface area contributed by atoms with Gasteiger partial charge in [0.15, 0.2) is 11.5 Å². The quantitative estimate of drug-likeness (QED) is 0.217. The Kier molecular flexibility index (Phi) is 12.2. The maximum atomic E-state index is 14.4. The van der Waals surface area contributed by atoms with Crippen LogP contribution in [0.25, 0.3) is 0 Å². The number of ether oxygens (including phenoxy) is 3. The van der Waals surface area contributed by atoms with Crippen LogP contribution in [0.3, 0.4) is 0 Å². The first kappa shape index (κ1) is 34.9. The van der Waals surface area contributed by atoms with Crippen molar-refractivity contribution in [3.8, 4) is 17.2 Å². The summed E-state index contributed by atoms with van der Waals surface area (Å²) in [4.78, 5) is 29.4. The zero-order chi connectivity index (χ0) is 33.3. The molecule has 248 valence electrons. The number of sulfonamides is 1. The van der Waals surface area contributed by atoms with Crippen molar-refractivity contribution in [3.63, 3.8) is 0 Å². The van der Waals surface area contributed by atoms with Crippen LogP contribution in [0.5, 0.6) is 17.2 Å². The standard InChI is InChI=1S/C34H42ClN3O7S/c1-5-30(34(40)36-25-12-8-9-13-25)37(22-24-11-7-10-14-29(24)35)33(39)23-38(26-15-17-27(18-16-26)45-6-2)46(41,42)28-19-20-31(43-3)32(21-28)44-4/h7,10-11,14-21,25,30H,5-6,8-9,12-13,22-23H2,1-4H3,(H,36,40). The number of hydrogen-bond donors (Lipinski definition) is 1. The van der Waals surface area contributed by atoms with Gasteiger partial charge in [-0.1, -0.05) is 49.6 Å². The van der Waals surface area contributed by atoms with E-state index in [1.807, 2.05) is 13.8 Å². The zero-order valence-electron chi connectivity index (χ0n) is 26.7. The fraction of sp³-hybridized carbons (Fsp3) is 0.412. The van der Waals surface area contributed by atoms with Crippen LogP contribution < -0.4 is 23.8 Å². The molecule has 1 atom stereocenters. The van der Waals surface area contributed by atoms with Crippen molar-refractivity contribution >= 4 is 39.1 Å². The lowest BCUT2D eigenvalue weighted by molar-refractivity contribution is -0.140. The number of benzene rings is 3. The van der Waals surface area contributed by atoms with Gasteiger partial charge >= 0.3 is 0 Å². The minimum atomic E-state index is -4.33. The molecule has 1 aliphatic carbocycles. The molecule has 1 aliphatic rings. The van der Waals surface area contributed by atoms with Gasteiger partial charge in [0.2, 0.25) is 11.8 Å². The second-order valence-corrected chi connectivity index (χ2v) is 13.3. The summed E-state index contributed by atoms with van der Waals surface area (Å²) in [5.74, 6) is 0.291. The Morgan fingerprint density at radius 2 is 1.63 bits per heavy atom. The van der Waals surface area contributed by atoms with Gasteiger partial charge in [-0.15, -0.1) is 0 Å². The SMILES string of the molecule is CCOc1ccc(N(CC(=O)N(Cc2ccccc2Cl)C(CC)C(=O)NC2CCCC2)S(=O)(=O)c2ccc(OC)c(OC)c2)cc1. The lowest BCUT2D eigenvalue weighted by atomic mass is 10.1. The molecule has 0 aromatic heterocycles. The Bertz CT molecular complexity index is 1590. The Morgan fingerprint density at radius 3 is 2.24 bits per heavy atom. The van der Waals surface area contributed by atoms with Crippen LogP contribution in [-0.4, -0.2) is 64.6 Å². The average Bonchev–Trinajstić information content (AvgIpc) is 3.57. The largest absolute Gasteiger partial charge is 0.494 e. The fourth-order valence-corrected chi connectivity index (χ4v) is 7.23. The summed E-state index contributed by atoms with van der Waals surface area (Å²) in [7, 11) is -1.47. The first-order chi connectivity index (χ1) is 22.1. The predicted octanol–water partition coefficient (Wildman–Crippen LogP) is 5.82. The van der Waals surface area contributed by atoms with Crippen LogP contribution in [0, 0.1) is 0 Å². The van der Waals surface area contributed by atoms with Crippen molar-refractivity contribution in [2.24, 2.45) is 0 Å². The number of hydrogen-bond acceptors (Lipinski definition) is 7. The van der Waals surface area contributed by atoms with Crippen molar-refractivity contribution in [2.75, 3.05) is 31.7 Å². The summed E-state index contributed by atoms with van der Waals surface area (Å²) in [5, 5.41) is 3.55. The third-order valence-electron chi connectivity index (χ3n) is 8.04. The normalized spacial score (nSPS) is 13.9. The molecule has 3 aromatic carbocycles. The maximum absolute atomic E-state index is 14.4. The van der Waals surface area contributed by atoms with Crippen LogP contribution in [-0.2, 0) is 26.2 Å². The first-order valence-electron chi connectivity index (χ1n) is 15.4. The van der Waals surface area contributed by atoms with E-state index in [2.05, 4.69) is 5.32 Å². The first-order valence-corrected chi connectivity index (χ1v) is 17.3. The Labute approximate surface area is 276 Å². The molecular formula is C34H42ClN3O7S. The topological polar surface area (TPSA) is 114 Å². The molecule has 46 heavy (non-hydrogen) atoms. The molecule has 12 heteroatoms. The number of carbonyl (C=O) groups excluding carboxylic acids is 2. The molecule has 0 radical (unpaired) electrons. The van der Waals surface area contributed by atoms with Crippen LogP contribution in [0.1, 0.15) is 51.5 Å².